The molecule has 1 atom stereocenters. The van der Waals surface area contributed by atoms with Gasteiger partial charge in [-0.2, -0.15) is 0 Å². The van der Waals surface area contributed by atoms with Gasteiger partial charge in [-0.05, 0) is 36.8 Å². The number of aromatic nitrogens is 2. The van der Waals surface area contributed by atoms with Crippen LogP contribution in [0.1, 0.15) is 18.9 Å². The Morgan fingerprint density at radius 3 is 2.47 bits per heavy atom. The van der Waals surface area contributed by atoms with E-state index in [1.54, 1.807) is 34.9 Å². The second-order valence-corrected chi connectivity index (χ2v) is 7.51. The van der Waals surface area contributed by atoms with Gasteiger partial charge in [0.05, 0.1) is 0 Å². The summed E-state index contributed by atoms with van der Waals surface area (Å²) in [6, 6.07) is 8.80. The minimum absolute atomic E-state index is 0.255. The van der Waals surface area contributed by atoms with E-state index in [9.17, 15) is 0 Å². The van der Waals surface area contributed by atoms with Gasteiger partial charge in [0, 0.05) is 10.9 Å². The molecule has 0 spiro atoms. The van der Waals surface area contributed by atoms with Gasteiger partial charge in [-0.15, -0.1) is 10.2 Å². The fraction of sp³-hybridized carbons (Fsp3) is 0.385. The van der Waals surface area contributed by atoms with Gasteiger partial charge in [0.15, 0.2) is 8.68 Å². The number of benzene rings is 1. The molecule has 2 N–H and O–H groups in total. The van der Waals surface area contributed by atoms with Crippen LogP contribution in [-0.2, 0) is 6.42 Å². The van der Waals surface area contributed by atoms with Crippen LogP contribution in [0.15, 0.2) is 37.8 Å². The maximum Gasteiger partial charge on any atom is 0.179 e. The monoisotopic (exact) mass is 311 g/mol. The van der Waals surface area contributed by atoms with Crippen LogP contribution in [-0.4, -0.2) is 22.5 Å². The van der Waals surface area contributed by atoms with Crippen molar-refractivity contribution < 1.29 is 0 Å². The smallest absolute Gasteiger partial charge is 0.179 e. The molecule has 0 radical (unpaired) electrons. The molecule has 1 aromatic carbocycles. The lowest BCUT2D eigenvalue weighted by atomic mass is 10.1. The Morgan fingerprint density at radius 2 is 1.89 bits per heavy atom. The lowest BCUT2D eigenvalue weighted by molar-refractivity contribution is 0.646. The molecule has 0 fully saturated rings. The summed E-state index contributed by atoms with van der Waals surface area (Å²) >= 11 is 4.92. The van der Waals surface area contributed by atoms with Gasteiger partial charge in [-0.25, -0.2) is 0 Å². The molecule has 1 heterocycles. The Balaban J connectivity index is 1.98. The molecule has 1 aromatic heterocycles. The van der Waals surface area contributed by atoms with E-state index in [2.05, 4.69) is 41.4 Å². The molecule has 0 amide bonds. The second kappa shape index (κ2) is 7.28. The van der Waals surface area contributed by atoms with Crippen molar-refractivity contribution in [2.45, 2.75) is 39.4 Å². The van der Waals surface area contributed by atoms with Gasteiger partial charge in [-0.1, -0.05) is 53.9 Å². The van der Waals surface area contributed by atoms with E-state index in [-0.39, 0.29) is 6.04 Å². The highest BCUT2D eigenvalue weighted by molar-refractivity contribution is 8.03. The van der Waals surface area contributed by atoms with Crippen LogP contribution in [0, 0.1) is 0 Å². The van der Waals surface area contributed by atoms with Crippen LogP contribution in [0.3, 0.4) is 0 Å². The van der Waals surface area contributed by atoms with Gasteiger partial charge in [0.25, 0.3) is 0 Å². The van der Waals surface area contributed by atoms with Crippen LogP contribution in [0.25, 0.3) is 0 Å². The topological polar surface area (TPSA) is 51.8 Å². The molecule has 1 unspecified atom stereocenters. The Hall–Kier alpha value is -0.560. The molecule has 102 valence electrons. The second-order valence-electron chi connectivity index (χ2n) is 4.16. The van der Waals surface area contributed by atoms with Crippen LogP contribution >= 0.6 is 34.9 Å². The molecule has 0 bridgehead atoms. The summed E-state index contributed by atoms with van der Waals surface area (Å²) in [5.74, 6) is 0. The van der Waals surface area contributed by atoms with E-state index < -0.39 is 0 Å². The van der Waals surface area contributed by atoms with Gasteiger partial charge in [-0.3, -0.25) is 0 Å². The maximum atomic E-state index is 5.96. The lowest BCUT2D eigenvalue weighted by Gasteiger charge is -2.08. The molecule has 0 saturated heterocycles. The summed E-state index contributed by atoms with van der Waals surface area (Å²) in [5.41, 5.74) is 7.25. The van der Waals surface area contributed by atoms with Crippen LogP contribution in [0.2, 0.25) is 0 Å². The first-order chi connectivity index (χ1) is 9.21. The summed E-state index contributed by atoms with van der Waals surface area (Å²) in [4.78, 5) is 1.19. The summed E-state index contributed by atoms with van der Waals surface area (Å²) in [5, 5.41) is 8.25. The van der Waals surface area contributed by atoms with Crippen molar-refractivity contribution in [3.05, 3.63) is 29.8 Å². The van der Waals surface area contributed by atoms with Gasteiger partial charge < -0.3 is 5.73 Å². The molecule has 0 saturated carbocycles. The number of nitrogens with zero attached hydrogens (tertiary/aromatic N) is 2. The Bertz CT molecular complexity index is 510. The number of thioether (sulfide) groups is 1. The van der Waals surface area contributed by atoms with Crippen LogP contribution in [0.5, 0.6) is 0 Å². The third-order valence-electron chi connectivity index (χ3n) is 2.71. The molecule has 19 heavy (non-hydrogen) atoms. The standard InChI is InChI=1S/C13H17N3S3/c1-3-10(14)8-9-4-6-11(7-5-9)18-13-16-15-12(17-2)19-13/h4-7,10H,3,8,14H2,1-2H3. The third kappa shape index (κ3) is 4.49. The molecule has 2 rings (SSSR count). The normalized spacial score (nSPS) is 12.6. The highest BCUT2D eigenvalue weighted by Gasteiger charge is 2.06. The fourth-order valence-electron chi connectivity index (χ4n) is 1.56. The molecule has 0 aliphatic carbocycles. The van der Waals surface area contributed by atoms with E-state index in [1.807, 2.05) is 6.26 Å². The summed E-state index contributed by atoms with van der Waals surface area (Å²) in [7, 11) is 0. The van der Waals surface area contributed by atoms with E-state index in [0.717, 1.165) is 21.5 Å². The van der Waals surface area contributed by atoms with Crippen molar-refractivity contribution >= 4 is 34.9 Å². The summed E-state index contributed by atoms with van der Waals surface area (Å²) in [6.07, 6.45) is 3.97. The summed E-state index contributed by atoms with van der Waals surface area (Å²) in [6.45, 7) is 2.12. The highest BCUT2D eigenvalue weighted by atomic mass is 32.2. The molecular formula is C13H17N3S3. The third-order valence-corrected chi connectivity index (χ3v) is 5.67. The Labute approximate surface area is 126 Å². The molecule has 0 aliphatic rings. The molecule has 6 heteroatoms. The molecular weight excluding hydrogens is 294 g/mol. The van der Waals surface area contributed by atoms with Crippen molar-refractivity contribution in [2.75, 3.05) is 6.26 Å². The first-order valence-electron chi connectivity index (χ1n) is 6.11. The van der Waals surface area contributed by atoms with Crippen molar-refractivity contribution in [3.8, 4) is 0 Å². The minimum Gasteiger partial charge on any atom is -0.327 e. The quantitative estimate of drug-likeness (QED) is 0.825. The maximum absolute atomic E-state index is 5.96. The van der Waals surface area contributed by atoms with Crippen LogP contribution in [0.4, 0.5) is 0 Å². The zero-order valence-electron chi connectivity index (χ0n) is 11.0. The lowest BCUT2D eigenvalue weighted by Crippen LogP contribution is -2.21. The predicted molar refractivity (Wildman–Crippen MR) is 84.2 cm³/mol. The van der Waals surface area contributed by atoms with E-state index in [4.69, 9.17) is 5.73 Å². The van der Waals surface area contributed by atoms with Crippen molar-refractivity contribution in [1.29, 1.82) is 0 Å². The van der Waals surface area contributed by atoms with Crippen molar-refractivity contribution in [1.82, 2.24) is 10.2 Å². The molecule has 3 nitrogen and oxygen atoms in total. The zero-order chi connectivity index (χ0) is 13.7. The number of hydrogen-bond donors (Lipinski definition) is 1. The summed E-state index contributed by atoms with van der Waals surface area (Å²) < 4.78 is 2.00. The van der Waals surface area contributed by atoms with E-state index >= 15 is 0 Å². The average Bonchev–Trinajstić information content (AvgIpc) is 2.88. The van der Waals surface area contributed by atoms with Gasteiger partial charge >= 0.3 is 0 Å². The number of hydrogen-bond acceptors (Lipinski definition) is 6. The SMILES string of the molecule is CCC(N)Cc1ccc(Sc2nnc(SC)s2)cc1. The Morgan fingerprint density at radius 1 is 1.21 bits per heavy atom. The number of nitrogens with two attached hydrogens (primary N) is 1. The van der Waals surface area contributed by atoms with Crippen molar-refractivity contribution in [2.24, 2.45) is 5.73 Å². The Kier molecular flexibility index (Phi) is 5.69. The van der Waals surface area contributed by atoms with Crippen molar-refractivity contribution in [3.63, 3.8) is 0 Å². The van der Waals surface area contributed by atoms with E-state index in [1.165, 1.54) is 10.5 Å². The van der Waals surface area contributed by atoms with E-state index in [0.29, 0.717) is 0 Å². The average molecular weight is 312 g/mol. The molecule has 2 aromatic rings. The van der Waals surface area contributed by atoms with Gasteiger partial charge in [0.1, 0.15) is 0 Å². The van der Waals surface area contributed by atoms with Crippen LogP contribution < -0.4 is 5.73 Å². The fourth-order valence-corrected chi connectivity index (χ4v) is 3.97. The number of rotatable bonds is 6. The zero-order valence-corrected chi connectivity index (χ0v) is 13.4. The highest BCUT2D eigenvalue weighted by Crippen LogP contribution is 2.32. The van der Waals surface area contributed by atoms with Gasteiger partial charge in [0.2, 0.25) is 0 Å². The minimum atomic E-state index is 0.255. The first kappa shape index (κ1) is 14.8. The predicted octanol–water partition coefficient (Wildman–Crippen LogP) is 3.69. The first-order valence-corrected chi connectivity index (χ1v) is 8.97. The largest absolute Gasteiger partial charge is 0.327 e. The molecule has 0 aliphatic heterocycles.